The summed E-state index contributed by atoms with van der Waals surface area (Å²) in [4.78, 5) is 11.8. The van der Waals surface area contributed by atoms with Crippen molar-refractivity contribution in [3.05, 3.63) is 71.2 Å². The summed E-state index contributed by atoms with van der Waals surface area (Å²) in [7, 11) is 1.62. The number of hydrogen-bond acceptors (Lipinski definition) is 5. The van der Waals surface area contributed by atoms with E-state index < -0.39 is 5.63 Å². The van der Waals surface area contributed by atoms with Crippen LogP contribution < -0.4 is 10.4 Å². The highest BCUT2D eigenvalue weighted by Gasteiger charge is 2.10. The van der Waals surface area contributed by atoms with Gasteiger partial charge < -0.3 is 9.15 Å². The van der Waals surface area contributed by atoms with Crippen LogP contribution in [0, 0.1) is 0 Å². The van der Waals surface area contributed by atoms with E-state index in [9.17, 15) is 4.79 Å². The van der Waals surface area contributed by atoms with Crippen LogP contribution in [0.3, 0.4) is 0 Å². The van der Waals surface area contributed by atoms with Crippen molar-refractivity contribution in [1.82, 2.24) is 15.0 Å². The van der Waals surface area contributed by atoms with Crippen LogP contribution in [0.5, 0.6) is 5.75 Å². The number of fused-ring (bicyclic) bond motifs is 1. The summed E-state index contributed by atoms with van der Waals surface area (Å²) in [5.41, 5.74) is 2.34. The largest absolute Gasteiger partial charge is 0.497 e. The summed E-state index contributed by atoms with van der Waals surface area (Å²) in [6.45, 7) is 0. The monoisotopic (exact) mass is 319 g/mol. The van der Waals surface area contributed by atoms with Crippen molar-refractivity contribution < 1.29 is 9.15 Å². The first-order valence-electron chi connectivity index (χ1n) is 7.34. The summed E-state index contributed by atoms with van der Waals surface area (Å²) in [6, 6.07) is 16.3. The third kappa shape index (κ3) is 2.44. The molecule has 0 fully saturated rings. The number of aromatic nitrogens is 3. The second kappa shape index (κ2) is 5.66. The molecular weight excluding hydrogens is 306 g/mol. The Morgan fingerprint density at radius 3 is 2.67 bits per heavy atom. The van der Waals surface area contributed by atoms with Gasteiger partial charge in [-0.2, -0.15) is 0 Å². The molecule has 24 heavy (non-hydrogen) atoms. The fraction of sp³-hybridized carbons (Fsp3) is 0.0556. The maximum atomic E-state index is 11.8. The molecule has 2 aromatic carbocycles. The third-order valence-corrected chi connectivity index (χ3v) is 3.75. The number of nitrogens with zero attached hydrogens (tertiary/aromatic N) is 3. The highest BCUT2D eigenvalue weighted by Crippen LogP contribution is 2.23. The molecule has 4 rings (SSSR count). The highest BCUT2D eigenvalue weighted by atomic mass is 16.5. The lowest BCUT2D eigenvalue weighted by Gasteiger charge is -2.03. The minimum Gasteiger partial charge on any atom is -0.497 e. The van der Waals surface area contributed by atoms with Crippen LogP contribution >= 0.6 is 0 Å². The Kier molecular flexibility index (Phi) is 3.35. The Balaban J connectivity index is 1.81. The standard InChI is InChI=1S/C18H13N3O3/c1-23-13-8-6-12(7-9-13)15-11-21(20-19-15)16-10-18(22)24-17-5-3-2-4-14(16)17/h2-11H,1H3. The Morgan fingerprint density at radius 1 is 1.08 bits per heavy atom. The molecule has 0 aliphatic heterocycles. The molecule has 6 nitrogen and oxygen atoms in total. The average Bonchev–Trinajstić information content (AvgIpc) is 3.11. The maximum absolute atomic E-state index is 11.8. The Hall–Kier alpha value is -3.41. The minimum absolute atomic E-state index is 0.426. The van der Waals surface area contributed by atoms with Gasteiger partial charge in [-0.05, 0) is 36.4 Å². The summed E-state index contributed by atoms with van der Waals surface area (Å²) in [5.74, 6) is 0.776. The molecule has 0 N–H and O–H groups in total. The lowest BCUT2D eigenvalue weighted by molar-refractivity contribution is 0.415. The van der Waals surface area contributed by atoms with Gasteiger partial charge >= 0.3 is 5.63 Å². The number of para-hydroxylation sites is 1. The van der Waals surface area contributed by atoms with Crippen LogP contribution in [-0.4, -0.2) is 22.1 Å². The fourth-order valence-corrected chi connectivity index (χ4v) is 2.56. The summed E-state index contributed by atoms with van der Waals surface area (Å²) >= 11 is 0. The molecule has 0 aliphatic carbocycles. The van der Waals surface area contributed by atoms with Crippen LogP contribution in [0.1, 0.15) is 0 Å². The molecule has 0 saturated carbocycles. The Bertz CT molecular complexity index is 1060. The molecule has 2 aromatic heterocycles. The number of rotatable bonds is 3. The van der Waals surface area contributed by atoms with Gasteiger partial charge in [0.25, 0.3) is 0 Å². The average molecular weight is 319 g/mol. The van der Waals surface area contributed by atoms with Gasteiger partial charge in [0.1, 0.15) is 17.0 Å². The maximum Gasteiger partial charge on any atom is 0.338 e. The van der Waals surface area contributed by atoms with Gasteiger partial charge in [0, 0.05) is 10.9 Å². The first kappa shape index (κ1) is 14.2. The van der Waals surface area contributed by atoms with Crippen molar-refractivity contribution in [3.63, 3.8) is 0 Å². The number of methoxy groups -OCH3 is 1. The van der Waals surface area contributed by atoms with E-state index in [-0.39, 0.29) is 0 Å². The second-order valence-corrected chi connectivity index (χ2v) is 5.22. The Labute approximate surface area is 136 Å². The summed E-state index contributed by atoms with van der Waals surface area (Å²) < 4.78 is 11.9. The van der Waals surface area contributed by atoms with E-state index in [4.69, 9.17) is 9.15 Å². The van der Waals surface area contributed by atoms with Crippen LogP contribution in [-0.2, 0) is 0 Å². The smallest absolute Gasteiger partial charge is 0.338 e. The number of ether oxygens (including phenoxy) is 1. The van der Waals surface area contributed by atoms with Crippen molar-refractivity contribution in [2.45, 2.75) is 0 Å². The predicted molar refractivity (Wildman–Crippen MR) is 89.4 cm³/mol. The molecule has 0 atom stereocenters. The van der Waals surface area contributed by atoms with Gasteiger partial charge in [-0.25, -0.2) is 9.48 Å². The molecule has 118 valence electrons. The lowest BCUT2D eigenvalue weighted by atomic mass is 10.1. The first-order valence-corrected chi connectivity index (χ1v) is 7.34. The quantitative estimate of drug-likeness (QED) is 0.543. The van der Waals surface area contributed by atoms with Gasteiger partial charge in [0.2, 0.25) is 0 Å². The van der Waals surface area contributed by atoms with Gasteiger partial charge in [-0.15, -0.1) is 5.10 Å². The minimum atomic E-state index is -0.426. The molecule has 6 heteroatoms. The van der Waals surface area contributed by atoms with Crippen molar-refractivity contribution in [1.29, 1.82) is 0 Å². The molecule has 4 aromatic rings. The van der Waals surface area contributed by atoms with Gasteiger partial charge in [0.15, 0.2) is 0 Å². The molecule has 0 spiro atoms. The highest BCUT2D eigenvalue weighted by molar-refractivity contribution is 5.85. The van der Waals surface area contributed by atoms with Crippen molar-refractivity contribution in [2.24, 2.45) is 0 Å². The number of benzene rings is 2. The van der Waals surface area contributed by atoms with Gasteiger partial charge in [-0.3, -0.25) is 0 Å². The van der Waals surface area contributed by atoms with E-state index >= 15 is 0 Å². The normalized spacial score (nSPS) is 10.9. The molecule has 0 aliphatic rings. The molecule has 0 bridgehead atoms. The Morgan fingerprint density at radius 2 is 1.88 bits per heavy atom. The topological polar surface area (TPSA) is 70.2 Å². The first-order chi connectivity index (χ1) is 11.7. The van der Waals surface area contributed by atoms with E-state index in [1.807, 2.05) is 42.5 Å². The zero-order valence-corrected chi connectivity index (χ0v) is 12.8. The molecule has 0 amide bonds. The lowest BCUT2D eigenvalue weighted by Crippen LogP contribution is -2.04. The molecule has 0 radical (unpaired) electrons. The SMILES string of the molecule is COc1ccc(-c2cn(-c3cc(=O)oc4ccccc34)nn2)cc1. The zero-order valence-electron chi connectivity index (χ0n) is 12.8. The third-order valence-electron chi connectivity index (χ3n) is 3.75. The van der Waals surface area contributed by atoms with Crippen molar-refractivity contribution in [3.8, 4) is 22.7 Å². The fourth-order valence-electron chi connectivity index (χ4n) is 2.56. The molecular formula is C18H13N3O3. The zero-order chi connectivity index (χ0) is 16.5. The number of hydrogen-bond donors (Lipinski definition) is 0. The van der Waals surface area contributed by atoms with Crippen molar-refractivity contribution in [2.75, 3.05) is 7.11 Å². The molecule has 0 unspecified atom stereocenters. The van der Waals surface area contributed by atoms with E-state index in [1.54, 1.807) is 24.1 Å². The molecule has 0 saturated heterocycles. The van der Waals surface area contributed by atoms with Crippen LogP contribution in [0.4, 0.5) is 0 Å². The van der Waals surface area contributed by atoms with Crippen LogP contribution in [0.25, 0.3) is 27.9 Å². The van der Waals surface area contributed by atoms with Crippen LogP contribution in [0.2, 0.25) is 0 Å². The summed E-state index contributed by atoms with van der Waals surface area (Å²) in [5, 5.41) is 9.14. The van der Waals surface area contributed by atoms with E-state index in [2.05, 4.69) is 10.3 Å². The van der Waals surface area contributed by atoms with Gasteiger partial charge in [-0.1, -0.05) is 17.3 Å². The van der Waals surface area contributed by atoms with Gasteiger partial charge in [0.05, 0.1) is 25.1 Å². The van der Waals surface area contributed by atoms with E-state index in [0.717, 1.165) is 16.7 Å². The van der Waals surface area contributed by atoms with E-state index in [1.165, 1.54) is 6.07 Å². The predicted octanol–water partition coefficient (Wildman–Crippen LogP) is 3.05. The van der Waals surface area contributed by atoms with Crippen molar-refractivity contribution >= 4 is 11.0 Å². The van der Waals surface area contributed by atoms with E-state index in [0.29, 0.717) is 17.0 Å². The summed E-state index contributed by atoms with van der Waals surface area (Å²) in [6.07, 6.45) is 1.78. The molecule has 2 heterocycles. The second-order valence-electron chi connectivity index (χ2n) is 5.22. The van der Waals surface area contributed by atoms with Crippen LogP contribution in [0.15, 0.2) is 70.0 Å².